The molecule has 0 radical (unpaired) electrons. The Morgan fingerprint density at radius 2 is 2.00 bits per heavy atom. The van der Waals surface area contributed by atoms with Crippen molar-refractivity contribution in [3.8, 4) is 0 Å². The van der Waals surface area contributed by atoms with E-state index in [4.69, 9.17) is 10.2 Å². The van der Waals surface area contributed by atoms with Gasteiger partial charge in [0.05, 0.1) is 0 Å². The number of aryl methyl sites for hydroxylation is 1. The summed E-state index contributed by atoms with van der Waals surface area (Å²) in [4.78, 5) is 1.02. The van der Waals surface area contributed by atoms with Crippen molar-refractivity contribution < 1.29 is 13.5 Å². The van der Waals surface area contributed by atoms with Gasteiger partial charge in [0.1, 0.15) is 4.21 Å². The number of unbranched alkanes of at least 4 members (excludes halogenated alkanes) is 2. The van der Waals surface area contributed by atoms with Gasteiger partial charge >= 0.3 is 0 Å². The van der Waals surface area contributed by atoms with Crippen molar-refractivity contribution in [2.75, 3.05) is 6.61 Å². The maximum atomic E-state index is 11.0. The van der Waals surface area contributed by atoms with Crippen LogP contribution in [0.4, 0.5) is 0 Å². The number of sulfonamides is 1. The van der Waals surface area contributed by atoms with E-state index in [0.717, 1.165) is 30.6 Å². The summed E-state index contributed by atoms with van der Waals surface area (Å²) in [5, 5.41) is 13.6. The summed E-state index contributed by atoms with van der Waals surface area (Å²) in [6.45, 7) is 0.215. The van der Waals surface area contributed by atoms with Crippen molar-refractivity contribution in [2.45, 2.75) is 29.9 Å². The number of hydrogen-bond donors (Lipinski definition) is 2. The molecule has 0 saturated carbocycles. The van der Waals surface area contributed by atoms with Crippen molar-refractivity contribution in [1.82, 2.24) is 0 Å². The Hall–Kier alpha value is -0.430. The van der Waals surface area contributed by atoms with E-state index >= 15 is 0 Å². The van der Waals surface area contributed by atoms with Crippen LogP contribution in [0.2, 0.25) is 0 Å². The number of hydrogen-bond acceptors (Lipinski definition) is 4. The van der Waals surface area contributed by atoms with Crippen LogP contribution >= 0.6 is 11.3 Å². The minimum Gasteiger partial charge on any atom is -0.396 e. The fourth-order valence-electron chi connectivity index (χ4n) is 1.23. The average Bonchev–Trinajstić information content (AvgIpc) is 2.60. The number of aliphatic hydroxyl groups is 1. The maximum absolute atomic E-state index is 11.0. The van der Waals surface area contributed by atoms with Gasteiger partial charge in [-0.05, 0) is 31.4 Å². The van der Waals surface area contributed by atoms with Crippen LogP contribution in [-0.4, -0.2) is 20.1 Å². The molecule has 1 heterocycles. The van der Waals surface area contributed by atoms with Gasteiger partial charge in [-0.1, -0.05) is 6.42 Å². The summed E-state index contributed by atoms with van der Waals surface area (Å²) in [7, 11) is -3.54. The summed E-state index contributed by atoms with van der Waals surface area (Å²) in [5.74, 6) is 0. The first-order valence-corrected chi connectivity index (χ1v) is 7.12. The van der Waals surface area contributed by atoms with E-state index in [1.54, 1.807) is 12.1 Å². The normalized spacial score (nSPS) is 11.9. The molecule has 15 heavy (non-hydrogen) atoms. The van der Waals surface area contributed by atoms with Gasteiger partial charge in [0.15, 0.2) is 0 Å². The average molecular weight is 249 g/mol. The summed E-state index contributed by atoms with van der Waals surface area (Å²) in [5.41, 5.74) is 0. The SMILES string of the molecule is NS(=O)(=O)c1ccc(CCCCCO)s1. The van der Waals surface area contributed by atoms with Crippen LogP contribution in [0.1, 0.15) is 24.1 Å². The van der Waals surface area contributed by atoms with Gasteiger partial charge in [-0.25, -0.2) is 13.6 Å². The standard InChI is InChI=1S/C9H15NO3S2/c10-15(12,13)9-6-5-8(14-9)4-2-1-3-7-11/h5-6,11H,1-4,7H2,(H2,10,12,13). The topological polar surface area (TPSA) is 80.4 Å². The number of thiophene rings is 1. The molecule has 0 unspecified atom stereocenters. The second-order valence-electron chi connectivity index (χ2n) is 3.30. The third kappa shape index (κ3) is 4.29. The van der Waals surface area contributed by atoms with E-state index in [9.17, 15) is 8.42 Å². The Labute approximate surface area is 93.8 Å². The van der Waals surface area contributed by atoms with Crippen LogP contribution in [0, 0.1) is 0 Å². The minimum atomic E-state index is -3.54. The van der Waals surface area contributed by atoms with E-state index in [-0.39, 0.29) is 10.8 Å². The van der Waals surface area contributed by atoms with Gasteiger partial charge in [0.2, 0.25) is 10.0 Å². The summed E-state index contributed by atoms with van der Waals surface area (Å²) < 4.78 is 22.2. The lowest BCUT2D eigenvalue weighted by molar-refractivity contribution is 0.283. The molecule has 0 saturated heterocycles. The third-order valence-corrected chi connectivity index (χ3v) is 4.58. The molecule has 6 heteroatoms. The smallest absolute Gasteiger partial charge is 0.247 e. The first kappa shape index (κ1) is 12.6. The summed E-state index contributed by atoms with van der Waals surface area (Å²) in [6, 6.07) is 3.34. The van der Waals surface area contributed by atoms with E-state index in [0.29, 0.717) is 0 Å². The first-order chi connectivity index (χ1) is 7.04. The molecule has 3 N–H and O–H groups in total. The van der Waals surface area contributed by atoms with Gasteiger partial charge in [0.25, 0.3) is 0 Å². The lowest BCUT2D eigenvalue weighted by Crippen LogP contribution is -2.09. The number of rotatable bonds is 6. The second kappa shape index (κ2) is 5.60. The highest BCUT2D eigenvalue weighted by Crippen LogP contribution is 2.21. The number of primary sulfonamides is 1. The van der Waals surface area contributed by atoms with Gasteiger partial charge in [-0.2, -0.15) is 0 Å². The Balaban J connectivity index is 2.47. The zero-order chi connectivity index (χ0) is 11.3. The molecule has 0 aromatic carbocycles. The van der Waals surface area contributed by atoms with Gasteiger partial charge < -0.3 is 5.11 Å². The molecule has 1 aromatic heterocycles. The Bertz CT molecular complexity index is 397. The molecular weight excluding hydrogens is 234 g/mol. The lowest BCUT2D eigenvalue weighted by Gasteiger charge is -1.96. The third-order valence-electron chi connectivity index (χ3n) is 2.00. The maximum Gasteiger partial charge on any atom is 0.247 e. The van der Waals surface area contributed by atoms with E-state index in [2.05, 4.69) is 0 Å². The second-order valence-corrected chi connectivity index (χ2v) is 6.26. The van der Waals surface area contributed by atoms with Crippen LogP contribution in [0.5, 0.6) is 0 Å². The van der Waals surface area contributed by atoms with E-state index < -0.39 is 10.0 Å². The molecule has 0 fully saturated rings. The van der Waals surface area contributed by atoms with Crippen LogP contribution in [0.3, 0.4) is 0 Å². The van der Waals surface area contributed by atoms with Crippen molar-refractivity contribution in [3.05, 3.63) is 17.0 Å². The molecule has 0 amide bonds. The highest BCUT2D eigenvalue weighted by atomic mass is 32.2. The van der Waals surface area contributed by atoms with Crippen LogP contribution in [0.15, 0.2) is 16.3 Å². The monoisotopic (exact) mass is 249 g/mol. The molecular formula is C9H15NO3S2. The van der Waals surface area contributed by atoms with Crippen LogP contribution in [-0.2, 0) is 16.4 Å². The quantitative estimate of drug-likeness (QED) is 0.741. The first-order valence-electron chi connectivity index (χ1n) is 4.76. The molecule has 0 spiro atoms. The Kier molecular flexibility index (Phi) is 4.72. The fourth-order valence-corrected chi connectivity index (χ4v) is 3.05. The summed E-state index contributed by atoms with van der Waals surface area (Å²) in [6.07, 6.45) is 3.57. The number of nitrogens with two attached hydrogens (primary N) is 1. The van der Waals surface area contributed by atoms with Gasteiger partial charge in [-0.15, -0.1) is 11.3 Å². The molecule has 86 valence electrons. The van der Waals surface area contributed by atoms with E-state index in [1.807, 2.05) is 0 Å². The molecule has 1 aromatic rings. The highest BCUT2D eigenvalue weighted by Gasteiger charge is 2.10. The zero-order valence-electron chi connectivity index (χ0n) is 8.35. The van der Waals surface area contributed by atoms with Crippen molar-refractivity contribution in [3.63, 3.8) is 0 Å². The molecule has 0 aliphatic carbocycles. The fraction of sp³-hybridized carbons (Fsp3) is 0.556. The Morgan fingerprint density at radius 1 is 1.27 bits per heavy atom. The predicted octanol–water partition coefficient (Wildman–Crippen LogP) is 1.10. The van der Waals surface area contributed by atoms with E-state index in [1.165, 1.54) is 11.3 Å². The van der Waals surface area contributed by atoms with Crippen LogP contribution < -0.4 is 5.14 Å². The number of aliphatic hydroxyl groups excluding tert-OH is 1. The minimum absolute atomic E-state index is 0.215. The largest absolute Gasteiger partial charge is 0.396 e. The van der Waals surface area contributed by atoms with Gasteiger partial charge in [0, 0.05) is 11.5 Å². The van der Waals surface area contributed by atoms with Crippen molar-refractivity contribution >= 4 is 21.4 Å². The predicted molar refractivity (Wildman–Crippen MR) is 60.3 cm³/mol. The van der Waals surface area contributed by atoms with Crippen LogP contribution in [0.25, 0.3) is 0 Å². The molecule has 4 nitrogen and oxygen atoms in total. The lowest BCUT2D eigenvalue weighted by atomic mass is 10.2. The van der Waals surface area contributed by atoms with Crippen molar-refractivity contribution in [2.24, 2.45) is 5.14 Å². The molecule has 0 bridgehead atoms. The molecule has 0 aliphatic heterocycles. The van der Waals surface area contributed by atoms with Crippen molar-refractivity contribution in [1.29, 1.82) is 0 Å². The Morgan fingerprint density at radius 3 is 2.53 bits per heavy atom. The molecule has 1 rings (SSSR count). The molecule has 0 aliphatic rings. The summed E-state index contributed by atoms with van der Waals surface area (Å²) >= 11 is 1.22. The zero-order valence-corrected chi connectivity index (χ0v) is 9.98. The highest BCUT2D eigenvalue weighted by molar-refractivity contribution is 7.91. The molecule has 0 atom stereocenters. The van der Waals surface area contributed by atoms with Gasteiger partial charge in [-0.3, -0.25) is 0 Å².